The average Bonchev–Trinajstić information content (AvgIpc) is 3.20. The molecule has 0 saturated heterocycles. The third kappa shape index (κ3) is 5.60. The topological polar surface area (TPSA) is 49.3 Å². The van der Waals surface area contributed by atoms with E-state index >= 15 is 0 Å². The van der Waals surface area contributed by atoms with Crippen LogP contribution in [0.3, 0.4) is 0 Å². The van der Waals surface area contributed by atoms with Crippen molar-refractivity contribution in [3.8, 4) is 0 Å². The fraction of sp³-hybridized carbons (Fsp3) is 0.556. The molecular formula is C18H28N4S2. The molecule has 0 aliphatic heterocycles. The lowest BCUT2D eigenvalue weighted by molar-refractivity contribution is 0.570. The Labute approximate surface area is 153 Å². The Bertz CT molecular complexity index is 638. The second kappa shape index (κ2) is 8.62. The zero-order valence-electron chi connectivity index (χ0n) is 15.2. The minimum Gasteiger partial charge on any atom is -0.356 e. The first-order valence-corrected chi connectivity index (χ1v) is 10.1. The van der Waals surface area contributed by atoms with E-state index in [0.29, 0.717) is 5.92 Å². The molecule has 24 heavy (non-hydrogen) atoms. The molecule has 1 atom stereocenters. The van der Waals surface area contributed by atoms with E-state index in [-0.39, 0.29) is 5.41 Å². The molecular weight excluding hydrogens is 336 g/mol. The van der Waals surface area contributed by atoms with Crippen LogP contribution in [0.4, 0.5) is 0 Å². The Morgan fingerprint density at radius 1 is 1.29 bits per heavy atom. The SMILES string of the molecule is CN=C(NCCc1nc(C(C)(C)C)cs1)NCC(C)c1cccs1. The van der Waals surface area contributed by atoms with Gasteiger partial charge in [-0.3, -0.25) is 4.99 Å². The van der Waals surface area contributed by atoms with Gasteiger partial charge in [-0.15, -0.1) is 22.7 Å². The molecule has 2 N–H and O–H groups in total. The molecule has 0 fully saturated rings. The fourth-order valence-corrected chi connectivity index (χ4v) is 4.01. The van der Waals surface area contributed by atoms with Crippen molar-refractivity contribution in [1.29, 1.82) is 0 Å². The van der Waals surface area contributed by atoms with E-state index in [1.54, 1.807) is 22.7 Å². The van der Waals surface area contributed by atoms with E-state index in [9.17, 15) is 0 Å². The molecule has 2 heterocycles. The maximum Gasteiger partial charge on any atom is 0.191 e. The van der Waals surface area contributed by atoms with Gasteiger partial charge in [-0.2, -0.15) is 0 Å². The molecule has 0 bridgehead atoms. The monoisotopic (exact) mass is 364 g/mol. The highest BCUT2D eigenvalue weighted by molar-refractivity contribution is 7.10. The van der Waals surface area contributed by atoms with E-state index in [2.05, 4.69) is 66.2 Å². The summed E-state index contributed by atoms with van der Waals surface area (Å²) in [4.78, 5) is 10.4. The molecule has 4 nitrogen and oxygen atoms in total. The molecule has 2 rings (SSSR count). The van der Waals surface area contributed by atoms with Gasteiger partial charge in [-0.1, -0.05) is 33.8 Å². The zero-order valence-corrected chi connectivity index (χ0v) is 16.9. The van der Waals surface area contributed by atoms with Crippen molar-refractivity contribution in [3.63, 3.8) is 0 Å². The van der Waals surface area contributed by atoms with Gasteiger partial charge >= 0.3 is 0 Å². The van der Waals surface area contributed by atoms with Crippen LogP contribution in [0, 0.1) is 0 Å². The molecule has 0 saturated carbocycles. The van der Waals surface area contributed by atoms with Crippen LogP contribution in [-0.2, 0) is 11.8 Å². The van der Waals surface area contributed by atoms with E-state index in [1.807, 2.05) is 7.05 Å². The van der Waals surface area contributed by atoms with Crippen LogP contribution in [0.15, 0.2) is 27.9 Å². The molecule has 0 aliphatic rings. The van der Waals surface area contributed by atoms with Crippen LogP contribution in [-0.4, -0.2) is 31.1 Å². The first kappa shape index (κ1) is 18.9. The van der Waals surface area contributed by atoms with Gasteiger partial charge < -0.3 is 10.6 Å². The van der Waals surface area contributed by atoms with Crippen molar-refractivity contribution in [2.75, 3.05) is 20.1 Å². The zero-order chi connectivity index (χ0) is 17.6. The molecule has 6 heteroatoms. The summed E-state index contributed by atoms with van der Waals surface area (Å²) >= 11 is 3.54. The molecule has 0 amide bonds. The highest BCUT2D eigenvalue weighted by atomic mass is 32.1. The number of nitrogens with zero attached hydrogens (tertiary/aromatic N) is 2. The number of hydrogen-bond acceptors (Lipinski definition) is 4. The van der Waals surface area contributed by atoms with Crippen LogP contribution in [0.5, 0.6) is 0 Å². The number of hydrogen-bond donors (Lipinski definition) is 2. The first-order chi connectivity index (χ1) is 11.4. The van der Waals surface area contributed by atoms with Crippen LogP contribution >= 0.6 is 22.7 Å². The van der Waals surface area contributed by atoms with Crippen molar-refractivity contribution >= 4 is 28.6 Å². The standard InChI is InChI=1S/C18H28N4S2/c1-13(14-7-6-10-23-14)11-21-17(19-5)20-9-8-16-22-15(12-24-16)18(2,3)4/h6-7,10,12-13H,8-9,11H2,1-5H3,(H2,19,20,21). The summed E-state index contributed by atoms with van der Waals surface area (Å²) in [7, 11) is 1.81. The van der Waals surface area contributed by atoms with Crippen LogP contribution in [0.25, 0.3) is 0 Å². The van der Waals surface area contributed by atoms with Gasteiger partial charge in [-0.05, 0) is 11.4 Å². The summed E-state index contributed by atoms with van der Waals surface area (Å²) in [6.07, 6.45) is 0.919. The predicted octanol–water partition coefficient (Wildman–Crippen LogP) is 4.01. The largest absolute Gasteiger partial charge is 0.356 e. The second-order valence-electron chi connectivity index (χ2n) is 6.92. The molecule has 0 aromatic carbocycles. The highest BCUT2D eigenvalue weighted by Gasteiger charge is 2.17. The Balaban J connectivity index is 1.75. The van der Waals surface area contributed by atoms with Crippen LogP contribution < -0.4 is 10.6 Å². The van der Waals surface area contributed by atoms with E-state index in [1.165, 1.54) is 15.6 Å². The number of aromatic nitrogens is 1. The molecule has 132 valence electrons. The highest BCUT2D eigenvalue weighted by Crippen LogP contribution is 2.24. The Hall–Kier alpha value is -1.40. The summed E-state index contributed by atoms with van der Waals surface area (Å²) < 4.78 is 0. The fourth-order valence-electron chi connectivity index (χ4n) is 2.20. The van der Waals surface area contributed by atoms with Crippen molar-refractivity contribution in [1.82, 2.24) is 15.6 Å². The summed E-state index contributed by atoms with van der Waals surface area (Å²) in [6, 6.07) is 4.28. The number of rotatable bonds is 6. The minimum absolute atomic E-state index is 0.123. The van der Waals surface area contributed by atoms with Gasteiger partial charge in [0.1, 0.15) is 0 Å². The van der Waals surface area contributed by atoms with Gasteiger partial charge in [0.15, 0.2) is 5.96 Å². The van der Waals surface area contributed by atoms with E-state index in [4.69, 9.17) is 4.98 Å². The average molecular weight is 365 g/mol. The van der Waals surface area contributed by atoms with Crippen LogP contribution in [0.1, 0.15) is 49.2 Å². The van der Waals surface area contributed by atoms with Gasteiger partial charge in [0.2, 0.25) is 0 Å². The predicted molar refractivity (Wildman–Crippen MR) is 107 cm³/mol. The molecule has 2 aromatic rings. The third-order valence-corrected chi connectivity index (χ3v) is 5.79. The van der Waals surface area contributed by atoms with Crippen molar-refractivity contribution in [2.24, 2.45) is 4.99 Å². The van der Waals surface area contributed by atoms with Crippen molar-refractivity contribution in [3.05, 3.63) is 38.5 Å². The number of thiazole rings is 1. The Kier molecular flexibility index (Phi) is 6.80. The number of guanidine groups is 1. The molecule has 1 unspecified atom stereocenters. The summed E-state index contributed by atoms with van der Waals surface area (Å²) in [5, 5.41) is 12.2. The molecule has 0 radical (unpaired) electrons. The third-order valence-electron chi connectivity index (χ3n) is 3.78. The molecule has 0 aliphatic carbocycles. The van der Waals surface area contributed by atoms with Crippen molar-refractivity contribution in [2.45, 2.75) is 45.4 Å². The number of nitrogens with one attached hydrogen (secondary N) is 2. The van der Waals surface area contributed by atoms with E-state index in [0.717, 1.165) is 25.5 Å². The maximum absolute atomic E-state index is 4.73. The first-order valence-electron chi connectivity index (χ1n) is 8.33. The normalized spacial score (nSPS) is 13.8. The number of thiophene rings is 1. The van der Waals surface area contributed by atoms with Crippen molar-refractivity contribution < 1.29 is 0 Å². The van der Waals surface area contributed by atoms with E-state index < -0.39 is 0 Å². The molecule has 2 aromatic heterocycles. The minimum atomic E-state index is 0.123. The number of aliphatic imine (C=N–C) groups is 1. The van der Waals surface area contributed by atoms with Gasteiger partial charge in [-0.25, -0.2) is 4.98 Å². The second-order valence-corrected chi connectivity index (χ2v) is 8.84. The van der Waals surface area contributed by atoms with Gasteiger partial charge in [0.05, 0.1) is 10.7 Å². The van der Waals surface area contributed by atoms with Gasteiger partial charge in [0.25, 0.3) is 0 Å². The lowest BCUT2D eigenvalue weighted by Gasteiger charge is -2.15. The smallest absolute Gasteiger partial charge is 0.191 e. The summed E-state index contributed by atoms with van der Waals surface area (Å²) in [5.74, 6) is 1.34. The quantitative estimate of drug-likeness (QED) is 0.601. The Morgan fingerprint density at radius 2 is 2.08 bits per heavy atom. The summed E-state index contributed by atoms with van der Waals surface area (Å²) in [6.45, 7) is 10.5. The van der Waals surface area contributed by atoms with Gasteiger partial charge in [0, 0.05) is 48.1 Å². The summed E-state index contributed by atoms with van der Waals surface area (Å²) in [5.41, 5.74) is 1.30. The maximum atomic E-state index is 4.73. The Morgan fingerprint density at radius 3 is 2.67 bits per heavy atom. The lowest BCUT2D eigenvalue weighted by atomic mass is 9.93. The van der Waals surface area contributed by atoms with Crippen LogP contribution in [0.2, 0.25) is 0 Å². The lowest BCUT2D eigenvalue weighted by Crippen LogP contribution is -2.39. The molecule has 0 spiro atoms.